The topological polar surface area (TPSA) is 44.3 Å². The Kier molecular flexibility index (Phi) is 4.29. The first-order chi connectivity index (χ1) is 11.6. The van der Waals surface area contributed by atoms with Crippen molar-refractivity contribution in [2.24, 2.45) is 4.99 Å². The number of aromatic amines is 1. The lowest BCUT2D eigenvalue weighted by atomic mass is 10.0. The molecule has 4 nitrogen and oxygen atoms in total. The summed E-state index contributed by atoms with van der Waals surface area (Å²) >= 11 is 0. The number of benzene rings is 2. The summed E-state index contributed by atoms with van der Waals surface area (Å²) in [6.07, 6.45) is 5.61. The summed E-state index contributed by atoms with van der Waals surface area (Å²) in [4.78, 5) is 6.27. The molecule has 0 fully saturated rings. The smallest absolute Gasteiger partial charge is 0.0859 e. The molecule has 0 unspecified atom stereocenters. The largest absolute Gasteiger partial charge is 0.343 e. The number of rotatable bonds is 5. The van der Waals surface area contributed by atoms with Crippen molar-refractivity contribution in [2.75, 3.05) is 11.9 Å². The second kappa shape index (κ2) is 6.54. The maximum atomic E-state index is 4.16. The van der Waals surface area contributed by atoms with Crippen molar-refractivity contribution in [3.63, 3.8) is 0 Å². The summed E-state index contributed by atoms with van der Waals surface area (Å²) in [7, 11) is 2.03. The van der Waals surface area contributed by atoms with Crippen LogP contribution in [-0.4, -0.2) is 24.0 Å². The first-order valence-electron chi connectivity index (χ1n) is 7.71. The Balaban J connectivity index is 2.08. The van der Waals surface area contributed by atoms with E-state index in [0.29, 0.717) is 0 Å². The lowest BCUT2D eigenvalue weighted by molar-refractivity contribution is 1.12. The van der Waals surface area contributed by atoms with E-state index >= 15 is 0 Å². The van der Waals surface area contributed by atoms with E-state index in [-0.39, 0.29) is 0 Å². The van der Waals surface area contributed by atoms with Crippen LogP contribution in [0.15, 0.2) is 66.3 Å². The van der Waals surface area contributed by atoms with E-state index in [9.17, 15) is 0 Å². The van der Waals surface area contributed by atoms with Crippen molar-refractivity contribution in [3.8, 4) is 0 Å². The molecule has 1 N–H and O–H groups in total. The zero-order valence-electron chi connectivity index (χ0n) is 14.0. The van der Waals surface area contributed by atoms with Crippen molar-refractivity contribution >= 4 is 40.3 Å². The molecule has 0 spiro atoms. The van der Waals surface area contributed by atoms with Crippen molar-refractivity contribution < 1.29 is 0 Å². The quantitative estimate of drug-likeness (QED) is 0.516. The minimum atomic E-state index is 0.845. The molecule has 3 aromatic rings. The van der Waals surface area contributed by atoms with Gasteiger partial charge in [0.1, 0.15) is 0 Å². The zero-order chi connectivity index (χ0) is 17.1. The number of hydrogen-bond donors (Lipinski definition) is 1. The number of allylic oxidation sites excluding steroid dienone is 3. The maximum absolute atomic E-state index is 4.16. The molecular formula is C20H20N4. The van der Waals surface area contributed by atoms with E-state index in [1.807, 2.05) is 25.4 Å². The number of anilines is 2. The van der Waals surface area contributed by atoms with E-state index in [1.54, 1.807) is 6.08 Å². The van der Waals surface area contributed by atoms with Crippen LogP contribution < -0.4 is 4.90 Å². The highest BCUT2D eigenvalue weighted by molar-refractivity contribution is 5.86. The van der Waals surface area contributed by atoms with E-state index in [2.05, 4.69) is 70.6 Å². The highest BCUT2D eigenvalue weighted by Crippen LogP contribution is 2.35. The first-order valence-corrected chi connectivity index (χ1v) is 7.71. The Morgan fingerprint density at radius 3 is 2.83 bits per heavy atom. The van der Waals surface area contributed by atoms with Gasteiger partial charge in [-0.15, -0.1) is 0 Å². The Morgan fingerprint density at radius 2 is 2.08 bits per heavy atom. The third-order valence-corrected chi connectivity index (χ3v) is 4.14. The highest BCUT2D eigenvalue weighted by atomic mass is 15.1. The summed E-state index contributed by atoms with van der Waals surface area (Å²) in [5, 5.41) is 8.18. The summed E-state index contributed by atoms with van der Waals surface area (Å²) in [6.45, 7) is 9.53. The summed E-state index contributed by atoms with van der Waals surface area (Å²) < 4.78 is 0. The first kappa shape index (κ1) is 15.7. The van der Waals surface area contributed by atoms with Crippen molar-refractivity contribution in [1.29, 1.82) is 0 Å². The summed E-state index contributed by atoms with van der Waals surface area (Å²) in [6, 6.07) is 12.4. The molecule has 0 aliphatic heterocycles. The number of fused-ring (bicyclic) bond motifs is 1. The van der Waals surface area contributed by atoms with E-state index in [1.165, 1.54) is 0 Å². The monoisotopic (exact) mass is 316 g/mol. The lowest BCUT2D eigenvalue weighted by Gasteiger charge is -2.22. The van der Waals surface area contributed by atoms with Gasteiger partial charge in [0.2, 0.25) is 0 Å². The average Bonchev–Trinajstić information content (AvgIpc) is 3.08. The minimum Gasteiger partial charge on any atom is -0.343 e. The molecule has 0 bridgehead atoms. The molecule has 3 rings (SSSR count). The molecule has 0 atom stereocenters. The number of aliphatic imine (C=N–C) groups is 1. The van der Waals surface area contributed by atoms with Crippen molar-refractivity contribution in [3.05, 3.63) is 66.9 Å². The predicted molar refractivity (Wildman–Crippen MR) is 104 cm³/mol. The van der Waals surface area contributed by atoms with Crippen molar-refractivity contribution in [1.82, 2.24) is 10.2 Å². The van der Waals surface area contributed by atoms with Gasteiger partial charge in [0, 0.05) is 18.1 Å². The molecule has 24 heavy (non-hydrogen) atoms. The third kappa shape index (κ3) is 2.86. The van der Waals surface area contributed by atoms with Gasteiger partial charge in [-0.3, -0.25) is 10.1 Å². The van der Waals surface area contributed by atoms with E-state index in [0.717, 1.165) is 39.1 Å². The Hall–Kier alpha value is -3.14. The van der Waals surface area contributed by atoms with Crippen LogP contribution in [0.5, 0.6) is 0 Å². The van der Waals surface area contributed by atoms with Gasteiger partial charge in [0.15, 0.2) is 0 Å². The van der Waals surface area contributed by atoms with Crippen LogP contribution in [0, 0.1) is 0 Å². The predicted octanol–water partition coefficient (Wildman–Crippen LogP) is 5.25. The van der Waals surface area contributed by atoms with Crippen LogP contribution in [0.3, 0.4) is 0 Å². The second-order valence-electron chi connectivity index (χ2n) is 5.65. The molecule has 0 aliphatic carbocycles. The molecule has 0 radical (unpaired) electrons. The van der Waals surface area contributed by atoms with Gasteiger partial charge in [-0.05, 0) is 55.1 Å². The maximum Gasteiger partial charge on any atom is 0.0859 e. The van der Waals surface area contributed by atoms with Crippen molar-refractivity contribution in [2.45, 2.75) is 6.92 Å². The second-order valence-corrected chi connectivity index (χ2v) is 5.65. The standard InChI is InChI=1S/C20H20N4/c1-5-6-14(2)15-8-10-18(21-3)20(11-15)24(4)17-9-7-16-13-22-23-19(16)12-17/h5-13H,1,3H2,2,4H3,(H,22,23)/b14-6+. The Bertz CT molecular complexity index is 934. The van der Waals surface area contributed by atoms with Gasteiger partial charge in [-0.25, -0.2) is 0 Å². The normalized spacial score (nSPS) is 11.5. The molecule has 4 heteroatoms. The van der Waals surface area contributed by atoms with Gasteiger partial charge < -0.3 is 4.90 Å². The van der Waals surface area contributed by atoms with Crippen LogP contribution in [0.25, 0.3) is 16.5 Å². The molecule has 1 aromatic heterocycles. The molecular weight excluding hydrogens is 296 g/mol. The lowest BCUT2D eigenvalue weighted by Crippen LogP contribution is -2.10. The van der Waals surface area contributed by atoms with Crippen LogP contribution in [0.1, 0.15) is 12.5 Å². The average molecular weight is 316 g/mol. The number of nitrogens with one attached hydrogen (secondary N) is 1. The van der Waals surface area contributed by atoms with E-state index < -0.39 is 0 Å². The zero-order valence-corrected chi connectivity index (χ0v) is 14.0. The Labute approximate surface area is 141 Å². The molecule has 0 saturated heterocycles. The molecule has 1 heterocycles. The molecule has 0 aliphatic rings. The Morgan fingerprint density at radius 1 is 1.25 bits per heavy atom. The van der Waals surface area contributed by atoms with Gasteiger partial charge in [0.25, 0.3) is 0 Å². The van der Waals surface area contributed by atoms with Gasteiger partial charge in [-0.1, -0.05) is 24.8 Å². The SMILES string of the molecule is C=C/C=C(\C)c1ccc(N=C)c(N(C)c2ccc3cn[nH]c3c2)c1. The fourth-order valence-corrected chi connectivity index (χ4v) is 2.72. The van der Waals surface area contributed by atoms with Crippen LogP contribution in [0.4, 0.5) is 17.1 Å². The third-order valence-electron chi connectivity index (χ3n) is 4.14. The van der Waals surface area contributed by atoms with Gasteiger partial charge >= 0.3 is 0 Å². The van der Waals surface area contributed by atoms with Gasteiger partial charge in [-0.2, -0.15) is 5.10 Å². The van der Waals surface area contributed by atoms with E-state index in [4.69, 9.17) is 0 Å². The number of H-pyrrole nitrogens is 1. The summed E-state index contributed by atoms with van der Waals surface area (Å²) in [5.41, 5.74) is 6.19. The highest BCUT2D eigenvalue weighted by Gasteiger charge is 2.11. The number of aromatic nitrogens is 2. The fraction of sp³-hybridized carbons (Fsp3) is 0.100. The fourth-order valence-electron chi connectivity index (χ4n) is 2.72. The van der Waals surface area contributed by atoms with Crippen LogP contribution in [-0.2, 0) is 0 Å². The van der Waals surface area contributed by atoms with Crippen LogP contribution >= 0.6 is 0 Å². The molecule has 120 valence electrons. The van der Waals surface area contributed by atoms with Crippen LogP contribution in [0.2, 0.25) is 0 Å². The number of hydrogen-bond acceptors (Lipinski definition) is 3. The molecule has 0 saturated carbocycles. The minimum absolute atomic E-state index is 0.845. The number of nitrogens with zero attached hydrogens (tertiary/aromatic N) is 3. The van der Waals surface area contributed by atoms with Gasteiger partial charge in [0.05, 0.1) is 23.1 Å². The molecule has 2 aromatic carbocycles. The summed E-state index contributed by atoms with van der Waals surface area (Å²) in [5.74, 6) is 0. The molecule has 0 amide bonds.